The predicted octanol–water partition coefficient (Wildman–Crippen LogP) is 1.73. The van der Waals surface area contributed by atoms with E-state index in [0.29, 0.717) is 13.0 Å². The minimum absolute atomic E-state index is 0.00631. The molecule has 0 saturated carbocycles. The van der Waals surface area contributed by atoms with Crippen molar-refractivity contribution in [3.8, 4) is 5.75 Å². The SMILES string of the molecule is CCC(C)(CN)C(=O)N(C)c1ccc(O)cc1. The molecule has 1 rings (SSSR count). The van der Waals surface area contributed by atoms with E-state index in [0.717, 1.165) is 5.69 Å². The molecular formula is C13H20N2O2. The van der Waals surface area contributed by atoms with E-state index in [2.05, 4.69) is 0 Å². The highest BCUT2D eigenvalue weighted by molar-refractivity contribution is 5.97. The lowest BCUT2D eigenvalue weighted by Crippen LogP contribution is -2.44. The Bertz CT molecular complexity index is 383. The molecule has 1 amide bonds. The molecule has 94 valence electrons. The van der Waals surface area contributed by atoms with Crippen LogP contribution in [0.3, 0.4) is 0 Å². The number of phenolic OH excluding ortho intramolecular Hbond substituents is 1. The van der Waals surface area contributed by atoms with Crippen LogP contribution >= 0.6 is 0 Å². The zero-order chi connectivity index (χ0) is 13.1. The number of aromatic hydroxyl groups is 1. The number of carbonyl (C=O) groups is 1. The molecule has 0 heterocycles. The van der Waals surface area contributed by atoms with Gasteiger partial charge in [0.15, 0.2) is 0 Å². The molecule has 4 heteroatoms. The van der Waals surface area contributed by atoms with E-state index >= 15 is 0 Å². The number of anilines is 1. The number of benzene rings is 1. The number of carbonyl (C=O) groups excluding carboxylic acids is 1. The summed E-state index contributed by atoms with van der Waals surface area (Å²) < 4.78 is 0. The zero-order valence-electron chi connectivity index (χ0n) is 10.6. The van der Waals surface area contributed by atoms with Gasteiger partial charge in [0.2, 0.25) is 5.91 Å². The first kappa shape index (κ1) is 13.5. The third-order valence-corrected chi connectivity index (χ3v) is 3.29. The van der Waals surface area contributed by atoms with Gasteiger partial charge < -0.3 is 15.7 Å². The first-order valence-corrected chi connectivity index (χ1v) is 5.72. The number of hydrogen-bond acceptors (Lipinski definition) is 3. The maximum Gasteiger partial charge on any atom is 0.233 e. The predicted molar refractivity (Wildman–Crippen MR) is 69.0 cm³/mol. The van der Waals surface area contributed by atoms with E-state index in [1.807, 2.05) is 13.8 Å². The topological polar surface area (TPSA) is 66.6 Å². The average molecular weight is 236 g/mol. The Morgan fingerprint density at radius 3 is 2.35 bits per heavy atom. The standard InChI is InChI=1S/C13H20N2O2/c1-4-13(2,9-14)12(17)15(3)10-5-7-11(16)8-6-10/h5-8,16H,4,9,14H2,1-3H3. The zero-order valence-corrected chi connectivity index (χ0v) is 10.6. The molecule has 0 aromatic heterocycles. The van der Waals surface area contributed by atoms with Crippen LogP contribution in [-0.2, 0) is 4.79 Å². The van der Waals surface area contributed by atoms with Crippen LogP contribution in [0, 0.1) is 5.41 Å². The van der Waals surface area contributed by atoms with Crippen molar-refractivity contribution in [1.29, 1.82) is 0 Å². The van der Waals surface area contributed by atoms with E-state index in [9.17, 15) is 9.90 Å². The summed E-state index contributed by atoms with van der Waals surface area (Å²) in [5.74, 6) is 0.180. The summed E-state index contributed by atoms with van der Waals surface area (Å²) in [4.78, 5) is 13.9. The van der Waals surface area contributed by atoms with Gasteiger partial charge in [-0.25, -0.2) is 0 Å². The maximum atomic E-state index is 12.3. The van der Waals surface area contributed by atoms with Gasteiger partial charge in [-0.2, -0.15) is 0 Å². The number of hydrogen-bond donors (Lipinski definition) is 2. The monoisotopic (exact) mass is 236 g/mol. The number of phenols is 1. The first-order valence-electron chi connectivity index (χ1n) is 5.72. The van der Waals surface area contributed by atoms with E-state index in [1.54, 1.807) is 36.2 Å². The molecule has 1 aromatic carbocycles. The van der Waals surface area contributed by atoms with Crippen molar-refractivity contribution in [2.75, 3.05) is 18.5 Å². The fourth-order valence-electron chi connectivity index (χ4n) is 1.58. The van der Waals surface area contributed by atoms with Crippen LogP contribution in [0.15, 0.2) is 24.3 Å². The van der Waals surface area contributed by atoms with Crippen molar-refractivity contribution in [3.63, 3.8) is 0 Å². The Morgan fingerprint density at radius 1 is 1.41 bits per heavy atom. The number of nitrogens with two attached hydrogens (primary N) is 1. The Labute approximate surface area is 102 Å². The van der Waals surface area contributed by atoms with Crippen LogP contribution in [0.25, 0.3) is 0 Å². The van der Waals surface area contributed by atoms with E-state index in [-0.39, 0.29) is 11.7 Å². The molecule has 0 aliphatic heterocycles. The van der Waals surface area contributed by atoms with E-state index < -0.39 is 5.41 Å². The highest BCUT2D eigenvalue weighted by Gasteiger charge is 2.32. The molecule has 1 unspecified atom stereocenters. The second kappa shape index (κ2) is 5.19. The Morgan fingerprint density at radius 2 is 1.94 bits per heavy atom. The molecule has 1 atom stereocenters. The fourth-order valence-corrected chi connectivity index (χ4v) is 1.58. The van der Waals surface area contributed by atoms with Crippen LogP contribution in [0.1, 0.15) is 20.3 Å². The average Bonchev–Trinajstić information content (AvgIpc) is 2.37. The Balaban J connectivity index is 2.93. The highest BCUT2D eigenvalue weighted by Crippen LogP contribution is 2.26. The Kier molecular flexibility index (Phi) is 4.12. The van der Waals surface area contributed by atoms with E-state index in [4.69, 9.17) is 5.73 Å². The molecule has 0 aliphatic carbocycles. The Hall–Kier alpha value is -1.55. The quantitative estimate of drug-likeness (QED) is 0.836. The van der Waals surface area contributed by atoms with Gasteiger partial charge in [-0.1, -0.05) is 6.92 Å². The van der Waals surface area contributed by atoms with Gasteiger partial charge in [-0.15, -0.1) is 0 Å². The molecule has 0 spiro atoms. The summed E-state index contributed by atoms with van der Waals surface area (Å²) in [6, 6.07) is 6.54. The summed E-state index contributed by atoms with van der Waals surface area (Å²) in [6.45, 7) is 4.15. The third-order valence-electron chi connectivity index (χ3n) is 3.29. The molecule has 0 saturated heterocycles. The largest absolute Gasteiger partial charge is 0.508 e. The lowest BCUT2D eigenvalue weighted by atomic mass is 9.86. The van der Waals surface area contributed by atoms with Gasteiger partial charge in [-0.05, 0) is 37.6 Å². The fraction of sp³-hybridized carbons (Fsp3) is 0.462. The smallest absolute Gasteiger partial charge is 0.233 e. The van der Waals surface area contributed by atoms with Crippen LogP contribution in [0.5, 0.6) is 5.75 Å². The maximum absolute atomic E-state index is 12.3. The first-order chi connectivity index (χ1) is 7.94. The second-order valence-electron chi connectivity index (χ2n) is 4.50. The van der Waals surface area contributed by atoms with Crippen molar-refractivity contribution < 1.29 is 9.90 Å². The van der Waals surface area contributed by atoms with Crippen LogP contribution < -0.4 is 10.6 Å². The van der Waals surface area contributed by atoms with Crippen molar-refractivity contribution in [1.82, 2.24) is 0 Å². The van der Waals surface area contributed by atoms with Crippen molar-refractivity contribution in [2.45, 2.75) is 20.3 Å². The van der Waals surface area contributed by atoms with Crippen LogP contribution in [0.2, 0.25) is 0 Å². The van der Waals surface area contributed by atoms with Gasteiger partial charge in [0.1, 0.15) is 5.75 Å². The summed E-state index contributed by atoms with van der Waals surface area (Å²) in [5, 5.41) is 9.21. The van der Waals surface area contributed by atoms with Crippen molar-refractivity contribution >= 4 is 11.6 Å². The highest BCUT2D eigenvalue weighted by atomic mass is 16.3. The molecule has 17 heavy (non-hydrogen) atoms. The van der Waals surface area contributed by atoms with Crippen LogP contribution in [-0.4, -0.2) is 24.6 Å². The lowest BCUT2D eigenvalue weighted by molar-refractivity contribution is -0.126. The van der Waals surface area contributed by atoms with E-state index in [1.165, 1.54) is 0 Å². The molecular weight excluding hydrogens is 216 g/mol. The van der Waals surface area contributed by atoms with Gasteiger partial charge in [0, 0.05) is 19.3 Å². The minimum Gasteiger partial charge on any atom is -0.508 e. The summed E-state index contributed by atoms with van der Waals surface area (Å²) in [6.07, 6.45) is 0.699. The lowest BCUT2D eigenvalue weighted by Gasteiger charge is -2.30. The third kappa shape index (κ3) is 2.77. The number of rotatable bonds is 4. The molecule has 4 nitrogen and oxygen atoms in total. The van der Waals surface area contributed by atoms with Gasteiger partial charge in [0.05, 0.1) is 5.41 Å². The summed E-state index contributed by atoms with van der Waals surface area (Å²) in [7, 11) is 1.72. The minimum atomic E-state index is -0.535. The summed E-state index contributed by atoms with van der Waals surface area (Å²) >= 11 is 0. The molecule has 0 bridgehead atoms. The van der Waals surface area contributed by atoms with Gasteiger partial charge in [-0.3, -0.25) is 4.79 Å². The van der Waals surface area contributed by atoms with Gasteiger partial charge in [0.25, 0.3) is 0 Å². The molecule has 0 radical (unpaired) electrons. The van der Waals surface area contributed by atoms with Crippen molar-refractivity contribution in [2.24, 2.45) is 11.1 Å². The second-order valence-corrected chi connectivity index (χ2v) is 4.50. The van der Waals surface area contributed by atoms with Crippen LogP contribution in [0.4, 0.5) is 5.69 Å². The molecule has 0 fully saturated rings. The normalized spacial score (nSPS) is 14.1. The molecule has 3 N–H and O–H groups in total. The molecule has 1 aromatic rings. The summed E-state index contributed by atoms with van der Waals surface area (Å²) in [5.41, 5.74) is 5.89. The number of amides is 1. The van der Waals surface area contributed by atoms with Crippen molar-refractivity contribution in [3.05, 3.63) is 24.3 Å². The van der Waals surface area contributed by atoms with Gasteiger partial charge >= 0.3 is 0 Å². The number of nitrogens with zero attached hydrogens (tertiary/aromatic N) is 1. The molecule has 0 aliphatic rings.